The molecule has 1 aliphatic heterocycles. The van der Waals surface area contributed by atoms with E-state index < -0.39 is 0 Å². The second kappa shape index (κ2) is 7.99. The van der Waals surface area contributed by atoms with E-state index in [1.807, 2.05) is 42.5 Å². The molecular weight excluding hydrogens is 344 g/mol. The van der Waals surface area contributed by atoms with Crippen LogP contribution in [0.25, 0.3) is 10.8 Å². The number of nitrogens with one attached hydrogen (secondary N) is 1. The molecule has 2 aromatic carbocycles. The van der Waals surface area contributed by atoms with E-state index in [0.29, 0.717) is 6.54 Å². The van der Waals surface area contributed by atoms with Gasteiger partial charge in [0.15, 0.2) is 0 Å². The van der Waals surface area contributed by atoms with Crippen molar-refractivity contribution >= 4 is 28.0 Å². The third kappa shape index (κ3) is 3.65. The van der Waals surface area contributed by atoms with Crippen LogP contribution in [-0.2, 0) is 4.74 Å². The topological polar surface area (TPSA) is 41.6 Å². The van der Waals surface area contributed by atoms with Crippen molar-refractivity contribution in [2.75, 3.05) is 32.8 Å². The molecule has 1 unspecified atom stereocenters. The number of nitrogens with zero attached hydrogens (tertiary/aromatic N) is 1. The second-order valence-corrected chi connectivity index (χ2v) is 7.24. The zero-order valence-corrected chi connectivity index (χ0v) is 15.4. The number of thiophene rings is 1. The van der Waals surface area contributed by atoms with Crippen molar-refractivity contribution in [1.29, 1.82) is 0 Å². The first kappa shape index (κ1) is 17.2. The van der Waals surface area contributed by atoms with Gasteiger partial charge >= 0.3 is 0 Å². The van der Waals surface area contributed by atoms with Gasteiger partial charge in [-0.3, -0.25) is 9.69 Å². The minimum atomic E-state index is -0.0183. The Balaban J connectivity index is 1.52. The molecule has 1 aliphatic rings. The van der Waals surface area contributed by atoms with Gasteiger partial charge in [0.05, 0.1) is 19.3 Å². The van der Waals surface area contributed by atoms with E-state index in [1.54, 1.807) is 11.3 Å². The molecule has 4 nitrogen and oxygen atoms in total. The molecule has 1 amide bonds. The third-order valence-electron chi connectivity index (χ3n) is 4.90. The Hall–Kier alpha value is -2.21. The molecule has 5 heteroatoms. The van der Waals surface area contributed by atoms with Crippen molar-refractivity contribution in [3.05, 3.63) is 70.4 Å². The summed E-state index contributed by atoms with van der Waals surface area (Å²) >= 11 is 1.69. The number of fused-ring (bicyclic) bond motifs is 1. The van der Waals surface area contributed by atoms with Gasteiger partial charge in [-0.15, -0.1) is 0 Å². The lowest BCUT2D eigenvalue weighted by Gasteiger charge is -2.34. The number of benzene rings is 2. The molecular formula is C21H22N2O2S. The van der Waals surface area contributed by atoms with Crippen molar-refractivity contribution in [2.24, 2.45) is 0 Å². The summed E-state index contributed by atoms with van der Waals surface area (Å²) in [6.07, 6.45) is 0. The molecule has 0 spiro atoms. The average Bonchev–Trinajstić information content (AvgIpc) is 3.23. The summed E-state index contributed by atoms with van der Waals surface area (Å²) in [5.41, 5.74) is 1.99. The Morgan fingerprint density at radius 1 is 1.12 bits per heavy atom. The fourth-order valence-corrected chi connectivity index (χ4v) is 4.23. The molecule has 26 heavy (non-hydrogen) atoms. The molecule has 0 saturated carbocycles. The van der Waals surface area contributed by atoms with Crippen molar-refractivity contribution in [3.63, 3.8) is 0 Å². The van der Waals surface area contributed by atoms with Gasteiger partial charge in [0, 0.05) is 25.2 Å². The summed E-state index contributed by atoms with van der Waals surface area (Å²) in [7, 11) is 0. The van der Waals surface area contributed by atoms with Crippen LogP contribution in [0.4, 0.5) is 0 Å². The monoisotopic (exact) mass is 366 g/mol. The highest BCUT2D eigenvalue weighted by molar-refractivity contribution is 7.07. The molecule has 1 N–H and O–H groups in total. The predicted octanol–water partition coefficient (Wildman–Crippen LogP) is 3.70. The van der Waals surface area contributed by atoms with Crippen LogP contribution in [0.3, 0.4) is 0 Å². The van der Waals surface area contributed by atoms with Crippen LogP contribution in [0.2, 0.25) is 0 Å². The van der Waals surface area contributed by atoms with E-state index in [2.05, 4.69) is 27.0 Å². The van der Waals surface area contributed by atoms with Crippen molar-refractivity contribution < 1.29 is 9.53 Å². The smallest absolute Gasteiger partial charge is 0.251 e. The predicted molar refractivity (Wildman–Crippen MR) is 106 cm³/mol. The summed E-state index contributed by atoms with van der Waals surface area (Å²) in [5, 5.41) is 9.50. The number of hydrogen-bond acceptors (Lipinski definition) is 4. The van der Waals surface area contributed by atoms with E-state index >= 15 is 0 Å². The average molecular weight is 366 g/mol. The van der Waals surface area contributed by atoms with Gasteiger partial charge in [0.2, 0.25) is 0 Å². The van der Waals surface area contributed by atoms with Gasteiger partial charge < -0.3 is 10.1 Å². The molecule has 1 atom stereocenters. The standard InChI is InChI=1S/C21H22N2O2S/c24-21(19-7-3-5-16-4-1-2-6-18(16)19)22-14-20(17-8-13-26-15-17)23-9-11-25-12-10-23/h1-8,13,15,20H,9-12,14H2,(H,22,24). The van der Waals surface area contributed by atoms with Crippen LogP contribution >= 0.6 is 11.3 Å². The highest BCUT2D eigenvalue weighted by atomic mass is 32.1. The summed E-state index contributed by atoms with van der Waals surface area (Å²) in [5.74, 6) is -0.0183. The summed E-state index contributed by atoms with van der Waals surface area (Å²) in [6, 6.07) is 16.2. The minimum absolute atomic E-state index is 0.0183. The van der Waals surface area contributed by atoms with Crippen LogP contribution in [0.1, 0.15) is 22.0 Å². The Labute approximate surface area is 157 Å². The lowest BCUT2D eigenvalue weighted by Crippen LogP contribution is -2.43. The maximum Gasteiger partial charge on any atom is 0.251 e. The lowest BCUT2D eigenvalue weighted by atomic mass is 10.0. The van der Waals surface area contributed by atoms with Crippen molar-refractivity contribution in [2.45, 2.75) is 6.04 Å². The number of carbonyl (C=O) groups excluding carboxylic acids is 1. The van der Waals surface area contributed by atoms with E-state index in [4.69, 9.17) is 4.74 Å². The van der Waals surface area contributed by atoms with Gasteiger partial charge in [-0.1, -0.05) is 36.4 Å². The van der Waals surface area contributed by atoms with Crippen molar-refractivity contribution in [3.8, 4) is 0 Å². The molecule has 2 heterocycles. The molecule has 1 aromatic heterocycles. The molecule has 134 valence electrons. The Morgan fingerprint density at radius 3 is 2.73 bits per heavy atom. The first-order chi connectivity index (χ1) is 12.8. The maximum absolute atomic E-state index is 12.9. The largest absolute Gasteiger partial charge is 0.379 e. The second-order valence-electron chi connectivity index (χ2n) is 6.46. The molecule has 0 bridgehead atoms. The highest BCUT2D eigenvalue weighted by Crippen LogP contribution is 2.24. The van der Waals surface area contributed by atoms with Crippen LogP contribution < -0.4 is 5.32 Å². The van der Waals surface area contributed by atoms with Crippen LogP contribution in [0.5, 0.6) is 0 Å². The summed E-state index contributed by atoms with van der Waals surface area (Å²) in [4.78, 5) is 15.3. The zero-order chi connectivity index (χ0) is 17.8. The fraction of sp³-hybridized carbons (Fsp3) is 0.286. The number of morpholine rings is 1. The Bertz CT molecular complexity index is 867. The molecule has 0 aliphatic carbocycles. The summed E-state index contributed by atoms with van der Waals surface area (Å²) in [6.45, 7) is 3.88. The number of hydrogen-bond donors (Lipinski definition) is 1. The van der Waals surface area contributed by atoms with Crippen LogP contribution in [-0.4, -0.2) is 43.7 Å². The van der Waals surface area contributed by atoms with Crippen LogP contribution in [0.15, 0.2) is 59.3 Å². The first-order valence-corrected chi connectivity index (χ1v) is 9.87. The van der Waals surface area contributed by atoms with Crippen LogP contribution in [0, 0.1) is 0 Å². The molecule has 3 aromatic rings. The first-order valence-electron chi connectivity index (χ1n) is 8.93. The third-order valence-corrected chi connectivity index (χ3v) is 5.61. The molecule has 0 radical (unpaired) electrons. The maximum atomic E-state index is 12.9. The van der Waals surface area contributed by atoms with Gasteiger partial charge in [-0.25, -0.2) is 0 Å². The number of amides is 1. The number of rotatable bonds is 5. The minimum Gasteiger partial charge on any atom is -0.379 e. The number of ether oxygens (including phenoxy) is 1. The normalized spacial score (nSPS) is 16.5. The van der Waals surface area contributed by atoms with E-state index in [0.717, 1.165) is 42.6 Å². The Kier molecular flexibility index (Phi) is 5.29. The zero-order valence-electron chi connectivity index (χ0n) is 14.6. The Morgan fingerprint density at radius 2 is 1.92 bits per heavy atom. The fourth-order valence-electron chi connectivity index (χ4n) is 3.52. The molecule has 4 rings (SSSR count). The SMILES string of the molecule is O=C(NCC(c1ccsc1)N1CCOCC1)c1cccc2ccccc12. The van der Waals surface area contributed by atoms with Crippen molar-refractivity contribution in [1.82, 2.24) is 10.2 Å². The number of carbonyl (C=O) groups is 1. The van der Waals surface area contributed by atoms with E-state index in [1.165, 1.54) is 5.56 Å². The molecule has 1 saturated heterocycles. The van der Waals surface area contributed by atoms with Gasteiger partial charge in [-0.05, 0) is 39.2 Å². The van der Waals surface area contributed by atoms with Gasteiger partial charge in [0.1, 0.15) is 0 Å². The van der Waals surface area contributed by atoms with E-state index in [9.17, 15) is 4.79 Å². The highest BCUT2D eigenvalue weighted by Gasteiger charge is 2.24. The van der Waals surface area contributed by atoms with Gasteiger partial charge in [-0.2, -0.15) is 11.3 Å². The van der Waals surface area contributed by atoms with E-state index in [-0.39, 0.29) is 11.9 Å². The van der Waals surface area contributed by atoms with Gasteiger partial charge in [0.25, 0.3) is 5.91 Å². The lowest BCUT2D eigenvalue weighted by molar-refractivity contribution is 0.0163. The summed E-state index contributed by atoms with van der Waals surface area (Å²) < 4.78 is 5.48. The molecule has 1 fully saturated rings. The quantitative estimate of drug-likeness (QED) is 0.749.